The number of halogens is 2. The number of urea groups is 1. The quantitative estimate of drug-likeness (QED) is 0.198. The molecule has 2 heterocycles. The fourth-order valence-electron chi connectivity index (χ4n) is 4.75. The number of amides is 4. The number of imide groups is 1. The zero-order valence-electron chi connectivity index (χ0n) is 27.7. The fraction of sp³-hybridized carbons (Fsp3) is 0.323. The lowest BCUT2D eigenvalue weighted by Gasteiger charge is -2.18. The second-order valence-electron chi connectivity index (χ2n) is 10.9. The van der Waals surface area contributed by atoms with E-state index in [1.807, 2.05) is 0 Å². The summed E-state index contributed by atoms with van der Waals surface area (Å²) in [6.45, 7) is 5.24. The largest absolute Gasteiger partial charge is 0.489 e. The molecule has 2 fully saturated rings. The number of anilines is 3. The average Bonchev–Trinajstić information content (AvgIpc) is 3.69. The number of carboxylic acid groups (broad SMARTS) is 1. The zero-order chi connectivity index (χ0) is 37.5. The number of nitrogens with zero attached hydrogens (tertiary/aromatic N) is 4. The molecular formula is C31H33ClFN7O10S. The molecule has 17 nitrogen and oxygen atoms in total. The highest BCUT2D eigenvalue weighted by molar-refractivity contribution is 7.90. The summed E-state index contributed by atoms with van der Waals surface area (Å²) >= 11 is 6.04. The van der Waals surface area contributed by atoms with Gasteiger partial charge in [-0.25, -0.2) is 36.8 Å². The first-order valence-electron chi connectivity index (χ1n) is 15.3. The van der Waals surface area contributed by atoms with E-state index >= 15 is 0 Å². The highest BCUT2D eigenvalue weighted by atomic mass is 35.5. The molecule has 3 aromatic rings. The maximum atomic E-state index is 14.3. The van der Waals surface area contributed by atoms with Gasteiger partial charge in [-0.3, -0.25) is 10.1 Å². The molecule has 0 unspecified atom stereocenters. The van der Waals surface area contributed by atoms with Crippen molar-refractivity contribution in [3.63, 3.8) is 0 Å². The number of rotatable bonds is 10. The Bertz CT molecular complexity index is 1990. The van der Waals surface area contributed by atoms with Gasteiger partial charge in [-0.2, -0.15) is 15.0 Å². The van der Waals surface area contributed by atoms with E-state index in [1.165, 1.54) is 25.2 Å². The summed E-state index contributed by atoms with van der Waals surface area (Å²) in [5.41, 5.74) is -0.166. The Morgan fingerprint density at radius 2 is 1.76 bits per heavy atom. The number of carboxylic acids is 1. The van der Waals surface area contributed by atoms with E-state index < -0.39 is 50.3 Å². The van der Waals surface area contributed by atoms with E-state index in [-0.39, 0.29) is 52.8 Å². The van der Waals surface area contributed by atoms with Gasteiger partial charge in [-0.15, -0.1) is 0 Å². The van der Waals surface area contributed by atoms with Crippen LogP contribution in [0.2, 0.25) is 5.02 Å². The number of hydrogen-bond acceptors (Lipinski definition) is 13. The second-order valence-corrected chi connectivity index (χ2v) is 13.0. The predicted molar refractivity (Wildman–Crippen MR) is 180 cm³/mol. The summed E-state index contributed by atoms with van der Waals surface area (Å²) in [6, 6.07) is 5.92. The topological polar surface area (TPSA) is 228 Å². The first-order valence-corrected chi connectivity index (χ1v) is 17.1. The number of allylic oxidation sites excluding steroid dienone is 1. The minimum Gasteiger partial charge on any atom is -0.489 e. The molecule has 1 aromatic heterocycles. The normalized spacial score (nSPS) is 14.3. The molecule has 4 amide bonds. The Morgan fingerprint density at radius 1 is 1.10 bits per heavy atom. The third-order valence-corrected chi connectivity index (χ3v) is 8.72. The van der Waals surface area contributed by atoms with Gasteiger partial charge in [0, 0.05) is 13.1 Å². The van der Waals surface area contributed by atoms with Gasteiger partial charge in [-0.1, -0.05) is 23.7 Å². The number of hydrogen-bond donors (Lipinski definition) is 4. The van der Waals surface area contributed by atoms with Gasteiger partial charge in [-0.05, 0) is 70.2 Å². The van der Waals surface area contributed by atoms with Crippen LogP contribution in [0.15, 0.2) is 52.6 Å². The van der Waals surface area contributed by atoms with E-state index in [0.29, 0.717) is 10.5 Å². The molecule has 0 atom stereocenters. The van der Waals surface area contributed by atoms with Crippen molar-refractivity contribution in [1.29, 1.82) is 0 Å². The van der Waals surface area contributed by atoms with Crippen LogP contribution >= 0.6 is 11.6 Å². The van der Waals surface area contributed by atoms with Crippen molar-refractivity contribution in [1.82, 2.24) is 19.7 Å². The van der Waals surface area contributed by atoms with Gasteiger partial charge >= 0.3 is 30.0 Å². The maximum Gasteiger partial charge on any atom is 0.427 e. The van der Waals surface area contributed by atoms with Crippen LogP contribution in [0.3, 0.4) is 0 Å². The molecule has 51 heavy (non-hydrogen) atoms. The molecular weight excluding hydrogens is 717 g/mol. The lowest BCUT2D eigenvalue weighted by Crippen LogP contribution is -2.35. The van der Waals surface area contributed by atoms with E-state index in [9.17, 15) is 32.0 Å². The highest BCUT2D eigenvalue weighted by Crippen LogP contribution is 2.37. The van der Waals surface area contributed by atoms with Crippen LogP contribution in [0.1, 0.15) is 56.8 Å². The summed E-state index contributed by atoms with van der Waals surface area (Å²) < 4.78 is 56.5. The van der Waals surface area contributed by atoms with Crippen LogP contribution in [-0.2, 0) is 19.6 Å². The number of carbonyl (C=O) groups is 4. The predicted octanol–water partition coefficient (Wildman–Crippen LogP) is 5.10. The van der Waals surface area contributed by atoms with Gasteiger partial charge in [0.1, 0.15) is 16.5 Å². The fourth-order valence-corrected chi connectivity index (χ4v) is 6.05. The minimum atomic E-state index is -4.45. The van der Waals surface area contributed by atoms with Gasteiger partial charge in [0.25, 0.3) is 10.0 Å². The zero-order valence-corrected chi connectivity index (χ0v) is 29.2. The van der Waals surface area contributed by atoms with Crippen LogP contribution in [0, 0.1) is 5.82 Å². The minimum absolute atomic E-state index is 0.00962. The third-order valence-electron chi connectivity index (χ3n) is 7.03. The average molecular weight is 750 g/mol. The Hall–Kier alpha value is -5.56. The molecule has 1 saturated heterocycles. The van der Waals surface area contributed by atoms with Crippen LogP contribution in [0.25, 0.3) is 0 Å². The number of aromatic carboxylic acids is 1. The van der Waals surface area contributed by atoms with Crippen molar-refractivity contribution >= 4 is 63.2 Å². The molecule has 272 valence electrons. The third kappa shape index (κ3) is 9.37. The summed E-state index contributed by atoms with van der Waals surface area (Å²) in [6.07, 6.45) is 3.00. The van der Waals surface area contributed by atoms with Crippen molar-refractivity contribution in [3.8, 4) is 11.8 Å². The standard InChI is InChI=1S/C17H17ClFNO4.C14H16N6O6S/c1-9(2)15-16(21)20(17(22)24-15)13-8-14(11(18)7-12(13)19)23-10-5-3-4-6-10;1-3-26-14-18-11(15-2)16-12(19-14)17-13(23)20-27(24,25)9-7-5-4-6-8(9)10(21)22/h7-8,10H,3-6H2,1-2H3;4-7H,3H2,1-2H3,(H,21,22)(H3,15,16,17,18,19,20,23). The molecule has 5 rings (SSSR count). The van der Waals surface area contributed by atoms with Crippen LogP contribution in [-0.4, -0.2) is 72.2 Å². The number of sulfonamides is 1. The number of benzene rings is 2. The smallest absolute Gasteiger partial charge is 0.427 e. The Kier molecular flexibility index (Phi) is 12.3. The molecule has 0 spiro atoms. The van der Waals surface area contributed by atoms with Gasteiger partial charge < -0.3 is 24.6 Å². The molecule has 1 aliphatic heterocycles. The molecule has 4 N–H and O–H groups in total. The van der Waals surface area contributed by atoms with Crippen LogP contribution < -0.4 is 29.7 Å². The number of nitrogens with one attached hydrogen (secondary N) is 3. The van der Waals surface area contributed by atoms with Crippen molar-refractivity contribution < 1.29 is 51.3 Å². The lowest BCUT2D eigenvalue weighted by molar-refractivity contribution is -0.114. The first-order chi connectivity index (χ1) is 24.1. The molecule has 20 heteroatoms. The van der Waals surface area contributed by atoms with Crippen molar-refractivity contribution in [3.05, 3.63) is 64.1 Å². The number of cyclic esters (lactones) is 1. The van der Waals surface area contributed by atoms with Crippen molar-refractivity contribution in [2.45, 2.75) is 57.5 Å². The molecule has 1 aliphatic carbocycles. The Balaban J connectivity index is 0.000000230. The first kappa shape index (κ1) is 38.2. The van der Waals surface area contributed by atoms with E-state index in [1.54, 1.807) is 25.5 Å². The van der Waals surface area contributed by atoms with Gasteiger partial charge in [0.05, 0.1) is 29.0 Å². The summed E-state index contributed by atoms with van der Waals surface area (Å²) in [7, 11) is -2.92. The second kappa shape index (κ2) is 16.4. The molecule has 0 bridgehead atoms. The lowest BCUT2D eigenvalue weighted by atomic mass is 10.2. The number of aromatic nitrogens is 3. The van der Waals surface area contributed by atoms with Crippen molar-refractivity contribution in [2.75, 3.05) is 29.2 Å². The highest BCUT2D eigenvalue weighted by Gasteiger charge is 2.40. The van der Waals surface area contributed by atoms with Crippen molar-refractivity contribution in [2.24, 2.45) is 0 Å². The summed E-state index contributed by atoms with van der Waals surface area (Å²) in [5, 5.41) is 14.0. The van der Waals surface area contributed by atoms with Gasteiger partial charge in [0.15, 0.2) is 5.76 Å². The molecule has 1 saturated carbocycles. The molecule has 2 aliphatic rings. The molecule has 2 aromatic carbocycles. The Labute approximate surface area is 296 Å². The maximum absolute atomic E-state index is 14.3. The summed E-state index contributed by atoms with van der Waals surface area (Å²) in [4.78, 5) is 59.2. The van der Waals surface area contributed by atoms with E-state index in [2.05, 4.69) is 25.6 Å². The summed E-state index contributed by atoms with van der Waals surface area (Å²) in [5.74, 6) is -2.96. The van der Waals surface area contributed by atoms with Crippen LogP contribution in [0.5, 0.6) is 11.8 Å². The van der Waals surface area contributed by atoms with Gasteiger partial charge in [0.2, 0.25) is 11.9 Å². The SMILES string of the molecule is CC(C)=C1OC(=O)N(c2cc(OC3CCCC3)c(Cl)cc2F)C1=O.CCOc1nc(NC)nc(NC(=O)NS(=O)(=O)c2ccccc2C(=O)O)n1. The van der Waals surface area contributed by atoms with Crippen LogP contribution in [0.4, 0.5) is 31.6 Å². The Morgan fingerprint density at radius 3 is 2.37 bits per heavy atom. The van der Waals surface area contributed by atoms with E-state index in [0.717, 1.165) is 43.9 Å². The number of ether oxygens (including phenoxy) is 3. The van der Waals surface area contributed by atoms with E-state index in [4.69, 9.17) is 30.9 Å². The molecule has 0 radical (unpaired) electrons. The number of carbonyl (C=O) groups excluding carboxylic acids is 3. The monoisotopic (exact) mass is 749 g/mol.